The van der Waals surface area contributed by atoms with Crippen molar-refractivity contribution in [2.45, 2.75) is 25.7 Å². The summed E-state index contributed by atoms with van der Waals surface area (Å²) in [6, 6.07) is 5.81. The molecule has 0 radical (unpaired) electrons. The number of nitrogens with zero attached hydrogens (tertiary/aromatic N) is 2. The first-order valence-electron chi connectivity index (χ1n) is 5.98. The number of rotatable bonds is 1. The van der Waals surface area contributed by atoms with Crippen LogP contribution in [0.4, 0.5) is 5.82 Å². The highest BCUT2D eigenvalue weighted by atomic mass is 79.9. The third-order valence-electron chi connectivity index (χ3n) is 3.35. The Kier molecular flexibility index (Phi) is 3.08. The third kappa shape index (κ3) is 1.93. The van der Waals surface area contributed by atoms with Crippen molar-refractivity contribution in [3.8, 4) is 5.69 Å². The standard InChI is InChI=1S/C13H13BrClN3/c14-8-5-6-12(10(15)7-8)18-11-4-2-1-3-9(11)13(16)17-18/h5-7H,1-4H2,(H2,16,17). The minimum Gasteiger partial charge on any atom is -0.382 e. The van der Waals surface area contributed by atoms with Gasteiger partial charge in [0.15, 0.2) is 0 Å². The van der Waals surface area contributed by atoms with E-state index in [1.165, 1.54) is 24.1 Å². The zero-order chi connectivity index (χ0) is 12.7. The van der Waals surface area contributed by atoms with Crippen molar-refractivity contribution in [2.24, 2.45) is 0 Å². The molecule has 0 atom stereocenters. The number of nitrogen functional groups attached to an aromatic ring is 1. The van der Waals surface area contributed by atoms with Crippen LogP contribution in [0.2, 0.25) is 5.02 Å². The summed E-state index contributed by atoms with van der Waals surface area (Å²) in [5.41, 5.74) is 9.30. The van der Waals surface area contributed by atoms with Crippen LogP contribution in [0.15, 0.2) is 22.7 Å². The van der Waals surface area contributed by atoms with E-state index in [-0.39, 0.29) is 0 Å². The highest BCUT2D eigenvalue weighted by molar-refractivity contribution is 9.10. The van der Waals surface area contributed by atoms with Crippen molar-refractivity contribution < 1.29 is 0 Å². The van der Waals surface area contributed by atoms with Gasteiger partial charge in [-0.25, -0.2) is 4.68 Å². The molecule has 18 heavy (non-hydrogen) atoms. The SMILES string of the molecule is Nc1nn(-c2ccc(Br)cc2Cl)c2c1CCCC2. The van der Waals surface area contributed by atoms with Crippen LogP contribution < -0.4 is 5.73 Å². The number of hydrogen-bond acceptors (Lipinski definition) is 2. The molecule has 0 saturated heterocycles. The molecule has 3 rings (SSSR count). The second-order valence-corrected chi connectivity index (χ2v) is 5.85. The van der Waals surface area contributed by atoms with Crippen molar-refractivity contribution in [3.63, 3.8) is 0 Å². The fourth-order valence-corrected chi connectivity index (χ4v) is 3.23. The first-order valence-corrected chi connectivity index (χ1v) is 7.15. The van der Waals surface area contributed by atoms with Crippen LogP contribution in [0.1, 0.15) is 24.1 Å². The highest BCUT2D eigenvalue weighted by Gasteiger charge is 2.20. The fraction of sp³-hybridized carbons (Fsp3) is 0.308. The lowest BCUT2D eigenvalue weighted by Gasteiger charge is -2.14. The molecule has 0 unspecified atom stereocenters. The second kappa shape index (κ2) is 4.59. The number of halogens is 2. The molecule has 94 valence electrons. The van der Waals surface area contributed by atoms with Crippen molar-refractivity contribution in [3.05, 3.63) is 39.0 Å². The Morgan fingerprint density at radius 2 is 2.06 bits per heavy atom. The minimum atomic E-state index is 0.642. The van der Waals surface area contributed by atoms with Crippen LogP contribution >= 0.6 is 27.5 Å². The van der Waals surface area contributed by atoms with Crippen molar-refractivity contribution in [1.82, 2.24) is 9.78 Å². The van der Waals surface area contributed by atoms with Gasteiger partial charge >= 0.3 is 0 Å². The number of benzene rings is 1. The number of fused-ring (bicyclic) bond motifs is 1. The van der Waals surface area contributed by atoms with Crippen molar-refractivity contribution in [1.29, 1.82) is 0 Å². The van der Waals surface area contributed by atoms with Crippen LogP contribution in [0.3, 0.4) is 0 Å². The topological polar surface area (TPSA) is 43.8 Å². The number of hydrogen-bond donors (Lipinski definition) is 1. The summed E-state index contributed by atoms with van der Waals surface area (Å²) in [4.78, 5) is 0. The van der Waals surface area contributed by atoms with Crippen molar-refractivity contribution >= 4 is 33.3 Å². The Bertz CT molecular complexity index is 607. The molecular weight excluding hydrogens is 314 g/mol. The molecule has 0 amide bonds. The Hall–Kier alpha value is -1.00. The summed E-state index contributed by atoms with van der Waals surface area (Å²) < 4.78 is 2.86. The fourth-order valence-electron chi connectivity index (χ4n) is 2.48. The van der Waals surface area contributed by atoms with Crippen LogP contribution in [-0.2, 0) is 12.8 Å². The zero-order valence-electron chi connectivity index (χ0n) is 9.79. The Morgan fingerprint density at radius 3 is 2.83 bits per heavy atom. The Morgan fingerprint density at radius 1 is 1.28 bits per heavy atom. The first kappa shape index (κ1) is 12.1. The number of nitrogens with two attached hydrogens (primary N) is 1. The molecule has 1 heterocycles. The maximum Gasteiger partial charge on any atom is 0.149 e. The van der Waals surface area contributed by atoms with E-state index in [4.69, 9.17) is 17.3 Å². The Balaban J connectivity index is 2.17. The van der Waals surface area contributed by atoms with E-state index < -0.39 is 0 Å². The molecule has 2 aromatic rings. The summed E-state index contributed by atoms with van der Waals surface area (Å²) in [6.07, 6.45) is 4.42. The van der Waals surface area contributed by atoms with E-state index in [1.807, 2.05) is 22.9 Å². The zero-order valence-corrected chi connectivity index (χ0v) is 12.1. The lowest BCUT2D eigenvalue weighted by atomic mass is 9.97. The van der Waals surface area contributed by atoms with Gasteiger partial charge in [0.2, 0.25) is 0 Å². The molecule has 3 nitrogen and oxygen atoms in total. The van der Waals surface area contributed by atoms with Gasteiger partial charge in [0, 0.05) is 15.7 Å². The van der Waals surface area contributed by atoms with Crippen molar-refractivity contribution in [2.75, 3.05) is 5.73 Å². The van der Waals surface area contributed by atoms with Gasteiger partial charge in [-0.1, -0.05) is 27.5 Å². The predicted molar refractivity (Wildman–Crippen MR) is 77.3 cm³/mol. The third-order valence-corrected chi connectivity index (χ3v) is 4.15. The molecular formula is C13H13BrClN3. The average molecular weight is 327 g/mol. The smallest absolute Gasteiger partial charge is 0.149 e. The lowest BCUT2D eigenvalue weighted by molar-refractivity contribution is 0.653. The van der Waals surface area contributed by atoms with E-state index in [2.05, 4.69) is 21.0 Å². The molecule has 1 aromatic carbocycles. The van der Waals surface area contributed by atoms with E-state index >= 15 is 0 Å². The number of anilines is 1. The summed E-state index contributed by atoms with van der Waals surface area (Å²) >= 11 is 9.69. The largest absolute Gasteiger partial charge is 0.382 e. The Labute approximate surface area is 119 Å². The van der Waals surface area contributed by atoms with Gasteiger partial charge < -0.3 is 5.73 Å². The molecule has 2 N–H and O–H groups in total. The lowest BCUT2D eigenvalue weighted by Crippen LogP contribution is -2.08. The average Bonchev–Trinajstić information content (AvgIpc) is 2.68. The maximum atomic E-state index is 6.28. The van der Waals surface area contributed by atoms with Gasteiger partial charge in [-0.05, 0) is 43.9 Å². The van der Waals surface area contributed by atoms with Gasteiger partial charge in [0.05, 0.1) is 10.7 Å². The van der Waals surface area contributed by atoms with Gasteiger partial charge in [-0.2, -0.15) is 5.10 Å². The molecule has 0 saturated carbocycles. The second-order valence-electron chi connectivity index (χ2n) is 4.53. The maximum absolute atomic E-state index is 6.28. The van der Waals surface area contributed by atoms with Crippen LogP contribution in [0.25, 0.3) is 5.69 Å². The first-order chi connectivity index (χ1) is 8.66. The predicted octanol–water partition coefficient (Wildman–Crippen LogP) is 3.75. The van der Waals surface area contributed by atoms with Gasteiger partial charge in [-0.15, -0.1) is 0 Å². The summed E-state index contributed by atoms with van der Waals surface area (Å²) in [7, 11) is 0. The highest BCUT2D eigenvalue weighted by Crippen LogP contribution is 2.31. The normalized spacial score (nSPS) is 14.6. The molecule has 0 fully saturated rings. The van der Waals surface area contributed by atoms with Gasteiger partial charge in [0.25, 0.3) is 0 Å². The summed E-state index contributed by atoms with van der Waals surface area (Å²) in [5, 5.41) is 5.13. The van der Waals surface area contributed by atoms with Gasteiger partial charge in [-0.3, -0.25) is 0 Å². The van der Waals surface area contributed by atoms with Crippen LogP contribution in [0.5, 0.6) is 0 Å². The monoisotopic (exact) mass is 325 g/mol. The quantitative estimate of drug-likeness (QED) is 0.867. The van der Waals surface area contributed by atoms with E-state index in [9.17, 15) is 0 Å². The summed E-state index contributed by atoms with van der Waals surface area (Å²) in [5.74, 6) is 0.642. The summed E-state index contributed by atoms with van der Waals surface area (Å²) in [6.45, 7) is 0. The van der Waals surface area contributed by atoms with E-state index in [1.54, 1.807) is 0 Å². The van der Waals surface area contributed by atoms with E-state index in [0.29, 0.717) is 10.8 Å². The number of aromatic nitrogens is 2. The molecule has 0 aliphatic heterocycles. The molecule has 0 bridgehead atoms. The molecule has 1 aliphatic carbocycles. The minimum absolute atomic E-state index is 0.642. The van der Waals surface area contributed by atoms with Crippen LogP contribution in [0, 0.1) is 0 Å². The van der Waals surface area contributed by atoms with Gasteiger partial charge in [0.1, 0.15) is 5.82 Å². The van der Waals surface area contributed by atoms with E-state index in [0.717, 1.165) is 23.0 Å². The van der Waals surface area contributed by atoms with Crippen LogP contribution in [-0.4, -0.2) is 9.78 Å². The molecule has 1 aliphatic rings. The molecule has 0 spiro atoms. The molecule has 1 aromatic heterocycles. The molecule has 5 heteroatoms.